The van der Waals surface area contributed by atoms with Crippen LogP contribution >= 0.6 is 0 Å². The molecule has 0 atom stereocenters. The van der Waals surface area contributed by atoms with E-state index in [0.717, 1.165) is 5.56 Å². The van der Waals surface area contributed by atoms with Crippen molar-refractivity contribution in [1.29, 1.82) is 0 Å². The zero-order valence-corrected chi connectivity index (χ0v) is 14.6. The fourth-order valence-electron chi connectivity index (χ4n) is 2.13. The summed E-state index contributed by atoms with van der Waals surface area (Å²) >= 11 is 0. The smallest absolute Gasteiger partial charge is 0.241 e. The van der Waals surface area contributed by atoms with Crippen molar-refractivity contribution in [3.63, 3.8) is 0 Å². The van der Waals surface area contributed by atoms with Crippen molar-refractivity contribution in [2.24, 2.45) is 0 Å². The monoisotopic (exact) mass is 348 g/mol. The maximum atomic E-state index is 12.3. The molecule has 24 heavy (non-hydrogen) atoms. The number of ether oxygens (including phenoxy) is 1. The van der Waals surface area contributed by atoms with Gasteiger partial charge in [0.1, 0.15) is 5.75 Å². The Hall–Kier alpha value is -2.38. The molecule has 6 nitrogen and oxygen atoms in total. The Balaban J connectivity index is 2.01. The van der Waals surface area contributed by atoms with Crippen molar-refractivity contribution in [3.8, 4) is 5.75 Å². The van der Waals surface area contributed by atoms with Gasteiger partial charge in [0.2, 0.25) is 15.9 Å². The van der Waals surface area contributed by atoms with Crippen LogP contribution in [0.5, 0.6) is 5.75 Å². The van der Waals surface area contributed by atoms with E-state index in [4.69, 9.17) is 4.74 Å². The number of hydrogen-bond acceptors (Lipinski definition) is 4. The minimum absolute atomic E-state index is 0.117. The van der Waals surface area contributed by atoms with Crippen LogP contribution in [0.15, 0.2) is 47.4 Å². The van der Waals surface area contributed by atoms with Gasteiger partial charge in [-0.15, -0.1) is 0 Å². The predicted octanol–water partition coefficient (Wildman–Crippen LogP) is 2.23. The lowest BCUT2D eigenvalue weighted by Crippen LogP contribution is -2.33. The highest BCUT2D eigenvalue weighted by Gasteiger charge is 2.18. The second-order valence-corrected chi connectivity index (χ2v) is 7.11. The van der Waals surface area contributed by atoms with Gasteiger partial charge in [-0.2, -0.15) is 0 Å². The molecule has 2 N–H and O–H groups in total. The molecule has 0 radical (unpaired) electrons. The molecule has 2 aromatic carbocycles. The van der Waals surface area contributed by atoms with Crippen LogP contribution < -0.4 is 14.8 Å². The lowest BCUT2D eigenvalue weighted by Gasteiger charge is -2.11. The maximum absolute atomic E-state index is 12.3. The van der Waals surface area contributed by atoms with Crippen LogP contribution in [0.4, 0.5) is 5.69 Å². The Morgan fingerprint density at radius 1 is 1.08 bits per heavy atom. The fraction of sp³-hybridized carbons (Fsp3) is 0.235. The zero-order chi connectivity index (χ0) is 17.7. The quantitative estimate of drug-likeness (QED) is 0.838. The molecule has 0 unspecified atom stereocenters. The van der Waals surface area contributed by atoms with Gasteiger partial charge >= 0.3 is 0 Å². The molecule has 7 heteroatoms. The Labute approximate surface area is 141 Å². The predicted molar refractivity (Wildman–Crippen MR) is 92.7 cm³/mol. The topological polar surface area (TPSA) is 84.5 Å². The number of methoxy groups -OCH3 is 1. The molecule has 0 fully saturated rings. The molecular weight excluding hydrogens is 328 g/mol. The highest BCUT2D eigenvalue weighted by atomic mass is 32.2. The number of amides is 1. The van der Waals surface area contributed by atoms with Crippen molar-refractivity contribution in [3.05, 3.63) is 53.6 Å². The molecule has 128 valence electrons. The number of anilines is 1. The number of benzene rings is 2. The third-order valence-corrected chi connectivity index (χ3v) is 4.99. The summed E-state index contributed by atoms with van der Waals surface area (Å²) in [5.74, 6) is 0.136. The molecule has 0 saturated carbocycles. The first kappa shape index (κ1) is 18.0. The van der Waals surface area contributed by atoms with Gasteiger partial charge < -0.3 is 10.1 Å². The highest BCUT2D eigenvalue weighted by Crippen LogP contribution is 2.20. The number of carbonyl (C=O) groups excluding carboxylic acids is 1. The van der Waals surface area contributed by atoms with Crippen molar-refractivity contribution < 1.29 is 17.9 Å². The average Bonchev–Trinajstić information content (AvgIpc) is 2.55. The molecule has 0 saturated heterocycles. The molecule has 0 spiro atoms. The highest BCUT2D eigenvalue weighted by molar-refractivity contribution is 7.89. The summed E-state index contributed by atoms with van der Waals surface area (Å²) in [6, 6.07) is 11.9. The normalized spacial score (nSPS) is 11.1. The summed E-state index contributed by atoms with van der Waals surface area (Å²) in [7, 11) is -2.27. The van der Waals surface area contributed by atoms with Gasteiger partial charge in [-0.25, -0.2) is 13.1 Å². The van der Waals surface area contributed by atoms with E-state index in [2.05, 4.69) is 10.0 Å². The average molecular weight is 348 g/mol. The first-order valence-corrected chi connectivity index (χ1v) is 8.81. The molecular formula is C17H20N2O4S. The van der Waals surface area contributed by atoms with Crippen LogP contribution in [0.2, 0.25) is 0 Å². The fourth-order valence-corrected chi connectivity index (χ4v) is 3.34. The molecule has 2 rings (SSSR count). The lowest BCUT2D eigenvalue weighted by molar-refractivity contribution is -0.115. The van der Waals surface area contributed by atoms with Crippen LogP contribution in [0.1, 0.15) is 11.1 Å². The number of nitrogens with one attached hydrogen (secondary N) is 2. The summed E-state index contributed by atoms with van der Waals surface area (Å²) in [6.45, 7) is 3.27. The SMILES string of the molecule is COc1ccc(S(=O)(=O)NCC(=O)Nc2ccc(C)cc2)c(C)c1. The van der Waals surface area contributed by atoms with Gasteiger partial charge in [0.15, 0.2) is 0 Å². The van der Waals surface area contributed by atoms with Gasteiger partial charge in [-0.1, -0.05) is 17.7 Å². The summed E-state index contributed by atoms with van der Waals surface area (Å²) in [4.78, 5) is 12.0. The number of rotatable bonds is 6. The van der Waals surface area contributed by atoms with Crippen molar-refractivity contribution >= 4 is 21.6 Å². The van der Waals surface area contributed by atoms with Gasteiger partial charge in [0.25, 0.3) is 0 Å². The second-order valence-electron chi connectivity index (χ2n) is 5.37. The Bertz CT molecular complexity index is 830. The van der Waals surface area contributed by atoms with E-state index < -0.39 is 15.9 Å². The lowest BCUT2D eigenvalue weighted by atomic mass is 10.2. The van der Waals surface area contributed by atoms with E-state index in [1.807, 2.05) is 19.1 Å². The Morgan fingerprint density at radius 3 is 2.33 bits per heavy atom. The standard InChI is InChI=1S/C17H20N2O4S/c1-12-4-6-14(7-5-12)19-17(20)11-18-24(21,22)16-9-8-15(23-3)10-13(16)2/h4-10,18H,11H2,1-3H3,(H,19,20). The second kappa shape index (κ2) is 7.46. The van der Waals surface area contributed by atoms with E-state index in [9.17, 15) is 13.2 Å². The first-order valence-electron chi connectivity index (χ1n) is 7.32. The van der Waals surface area contributed by atoms with Gasteiger partial charge in [0, 0.05) is 5.69 Å². The molecule has 0 bridgehead atoms. The van der Waals surface area contributed by atoms with E-state index >= 15 is 0 Å². The third kappa shape index (κ3) is 4.56. The van der Waals surface area contributed by atoms with Crippen LogP contribution in [-0.4, -0.2) is 28.0 Å². The molecule has 0 aliphatic carbocycles. The maximum Gasteiger partial charge on any atom is 0.241 e. The molecule has 1 amide bonds. The molecule has 2 aromatic rings. The van der Waals surface area contributed by atoms with Crippen LogP contribution in [0.25, 0.3) is 0 Å². The van der Waals surface area contributed by atoms with Crippen LogP contribution in [0, 0.1) is 13.8 Å². The number of hydrogen-bond donors (Lipinski definition) is 2. The first-order chi connectivity index (χ1) is 11.3. The summed E-state index contributed by atoms with van der Waals surface area (Å²) in [5, 5.41) is 2.64. The van der Waals surface area contributed by atoms with Crippen molar-refractivity contribution in [2.75, 3.05) is 19.0 Å². The molecule has 0 aliphatic rings. The van der Waals surface area contributed by atoms with Crippen LogP contribution in [-0.2, 0) is 14.8 Å². The minimum Gasteiger partial charge on any atom is -0.497 e. The van der Waals surface area contributed by atoms with Gasteiger partial charge in [0.05, 0.1) is 18.6 Å². The summed E-state index contributed by atoms with van der Waals surface area (Å²) in [6.07, 6.45) is 0. The summed E-state index contributed by atoms with van der Waals surface area (Å²) < 4.78 is 32.0. The molecule has 0 aliphatic heterocycles. The van der Waals surface area contributed by atoms with Crippen molar-refractivity contribution in [1.82, 2.24) is 4.72 Å². The molecule has 0 aromatic heterocycles. The number of carbonyl (C=O) groups is 1. The van der Waals surface area contributed by atoms with Crippen molar-refractivity contribution in [2.45, 2.75) is 18.7 Å². The molecule has 0 heterocycles. The number of sulfonamides is 1. The van der Waals surface area contributed by atoms with Gasteiger partial charge in [-0.3, -0.25) is 4.79 Å². The zero-order valence-electron chi connectivity index (χ0n) is 13.8. The minimum atomic E-state index is -3.78. The van der Waals surface area contributed by atoms with Gasteiger partial charge in [-0.05, 0) is 49.7 Å². The van der Waals surface area contributed by atoms with E-state index in [1.165, 1.54) is 13.2 Å². The Morgan fingerprint density at radius 2 is 1.75 bits per heavy atom. The van der Waals surface area contributed by atoms with E-state index in [-0.39, 0.29) is 11.4 Å². The largest absolute Gasteiger partial charge is 0.497 e. The Kier molecular flexibility index (Phi) is 5.58. The van der Waals surface area contributed by atoms with E-state index in [1.54, 1.807) is 31.2 Å². The number of aryl methyl sites for hydroxylation is 2. The third-order valence-electron chi connectivity index (χ3n) is 3.43. The summed E-state index contributed by atoms with van der Waals surface area (Å²) in [5.41, 5.74) is 2.23. The van der Waals surface area contributed by atoms with Crippen LogP contribution in [0.3, 0.4) is 0 Å². The van der Waals surface area contributed by atoms with E-state index in [0.29, 0.717) is 17.0 Å².